The first kappa shape index (κ1) is 33.1. The lowest BCUT2D eigenvalue weighted by molar-refractivity contribution is -0.276. The van der Waals surface area contributed by atoms with E-state index < -0.39 is 12.4 Å². The second-order valence-corrected chi connectivity index (χ2v) is 11.9. The van der Waals surface area contributed by atoms with Gasteiger partial charge < -0.3 is 40.3 Å². The third-order valence-electron chi connectivity index (χ3n) is 8.36. The number of nitrogens with zero attached hydrogens (tertiary/aromatic N) is 1. The van der Waals surface area contributed by atoms with Crippen LogP contribution in [0.1, 0.15) is 58.8 Å². The lowest BCUT2D eigenvalue weighted by Crippen LogP contribution is -2.44. The van der Waals surface area contributed by atoms with E-state index in [0.29, 0.717) is 31.7 Å². The Balaban J connectivity index is 1.25. The number of ether oxygens (including phenoxy) is 2. The van der Waals surface area contributed by atoms with Crippen molar-refractivity contribution >= 4 is 6.03 Å². The Bertz CT molecular complexity index is 1530. The molecule has 5 rings (SSSR count). The molecule has 0 bridgehead atoms. The number of phenols is 1. The Kier molecular flexibility index (Phi) is 11.4. The molecule has 0 aromatic heterocycles. The topological polar surface area (TPSA) is 124 Å². The zero-order chi connectivity index (χ0) is 32.5. The van der Waals surface area contributed by atoms with Gasteiger partial charge in [-0.2, -0.15) is 0 Å². The van der Waals surface area contributed by atoms with Gasteiger partial charge >= 0.3 is 6.03 Å². The van der Waals surface area contributed by atoms with Crippen LogP contribution in [0.3, 0.4) is 0 Å². The van der Waals surface area contributed by atoms with Crippen LogP contribution in [0, 0.1) is 5.92 Å². The first-order chi connectivity index (χ1) is 22.3. The third-order valence-corrected chi connectivity index (χ3v) is 8.36. The molecule has 242 valence electrons. The van der Waals surface area contributed by atoms with Crippen molar-refractivity contribution in [1.82, 2.24) is 15.5 Å². The lowest BCUT2D eigenvalue weighted by Gasteiger charge is -2.42. The first-order valence-electron chi connectivity index (χ1n) is 15.6. The number of hydrogen-bond acceptors (Lipinski definition) is 7. The van der Waals surface area contributed by atoms with Crippen molar-refractivity contribution in [3.63, 3.8) is 0 Å². The molecule has 4 aromatic carbocycles. The van der Waals surface area contributed by atoms with Crippen LogP contribution in [0.25, 0.3) is 0 Å². The monoisotopic (exact) mass is 625 g/mol. The number of aliphatic hydroxyl groups is 2. The summed E-state index contributed by atoms with van der Waals surface area (Å²) < 4.78 is 13.1. The van der Waals surface area contributed by atoms with E-state index in [1.807, 2.05) is 90.8 Å². The van der Waals surface area contributed by atoms with Crippen LogP contribution in [0.15, 0.2) is 103 Å². The largest absolute Gasteiger partial charge is 0.508 e. The first-order valence-corrected chi connectivity index (χ1v) is 15.6. The Morgan fingerprint density at radius 3 is 2.11 bits per heavy atom. The molecule has 0 saturated carbocycles. The molecule has 1 heterocycles. The minimum atomic E-state index is -0.772. The summed E-state index contributed by atoms with van der Waals surface area (Å²) in [5.74, 6) is 0.0982. The maximum absolute atomic E-state index is 12.3. The molecule has 9 nitrogen and oxygen atoms in total. The Morgan fingerprint density at radius 2 is 1.46 bits per heavy atom. The summed E-state index contributed by atoms with van der Waals surface area (Å²) in [6.45, 7) is 3.80. The minimum Gasteiger partial charge on any atom is -0.508 e. The molecule has 1 fully saturated rings. The molecule has 9 heteroatoms. The molecule has 0 aliphatic carbocycles. The van der Waals surface area contributed by atoms with Crippen LogP contribution in [0.5, 0.6) is 5.75 Å². The predicted octanol–water partition coefficient (Wildman–Crippen LogP) is 5.34. The molecule has 0 unspecified atom stereocenters. The summed E-state index contributed by atoms with van der Waals surface area (Å²) in [7, 11) is 1.94. The summed E-state index contributed by atoms with van der Waals surface area (Å²) >= 11 is 0. The molecule has 4 aromatic rings. The number of amides is 2. The van der Waals surface area contributed by atoms with E-state index in [-0.39, 0.29) is 36.5 Å². The van der Waals surface area contributed by atoms with Crippen molar-refractivity contribution in [3.05, 3.63) is 137 Å². The second-order valence-electron chi connectivity index (χ2n) is 11.9. The zero-order valence-corrected chi connectivity index (χ0v) is 26.3. The average molecular weight is 626 g/mol. The average Bonchev–Trinajstić information content (AvgIpc) is 3.08. The summed E-state index contributed by atoms with van der Waals surface area (Å²) in [5, 5.41) is 36.0. The number of hydrogen-bond donors (Lipinski definition) is 5. The number of phenolic OH excluding ortho intramolecular Hbond substituents is 1. The van der Waals surface area contributed by atoms with E-state index in [4.69, 9.17) is 9.47 Å². The van der Waals surface area contributed by atoms with E-state index in [2.05, 4.69) is 17.6 Å². The van der Waals surface area contributed by atoms with Gasteiger partial charge in [-0.05, 0) is 47.0 Å². The quantitative estimate of drug-likeness (QED) is 0.144. The number of aliphatic hydroxyl groups excluding tert-OH is 2. The molecule has 0 radical (unpaired) electrons. The van der Waals surface area contributed by atoms with Crippen molar-refractivity contribution < 1.29 is 29.6 Å². The van der Waals surface area contributed by atoms with E-state index >= 15 is 0 Å². The summed E-state index contributed by atoms with van der Waals surface area (Å²) in [6, 6.07) is 31.8. The SMILES string of the molecule is C[C@H]1[C@@H](CN(C)C[C@@H](O)c2cccc(O)c2)O[C@@H](c2ccc(CNC(=O)NCc3ccccc3)cc2)O[C@H]1c1ccc(CO)cc1. The predicted molar refractivity (Wildman–Crippen MR) is 175 cm³/mol. The van der Waals surface area contributed by atoms with Crippen molar-refractivity contribution in [1.29, 1.82) is 0 Å². The highest BCUT2D eigenvalue weighted by molar-refractivity contribution is 5.73. The van der Waals surface area contributed by atoms with E-state index in [1.54, 1.807) is 24.3 Å². The van der Waals surface area contributed by atoms with Crippen molar-refractivity contribution in [2.45, 2.75) is 51.2 Å². The molecule has 0 spiro atoms. The standard InChI is InChI=1S/C37H43N3O6/c1-25-34(23-40(2)22-33(43)31-9-6-10-32(42)19-31)45-36(46-35(25)29-15-13-28(24-41)14-16-29)30-17-11-27(12-18-30)21-39-37(44)38-20-26-7-4-3-5-8-26/h3-19,25,33-36,41-43H,20-24H2,1-2H3,(H2,38,39,44)/t25-,33+,34+,35+,36+/m0/s1. The summed E-state index contributed by atoms with van der Waals surface area (Å²) in [4.78, 5) is 14.4. The van der Waals surface area contributed by atoms with Gasteiger partial charge in [-0.1, -0.05) is 97.9 Å². The van der Waals surface area contributed by atoms with Gasteiger partial charge in [0.05, 0.1) is 24.9 Å². The molecule has 1 saturated heterocycles. The molecule has 1 aliphatic rings. The Morgan fingerprint density at radius 1 is 0.826 bits per heavy atom. The highest BCUT2D eigenvalue weighted by atomic mass is 16.7. The smallest absolute Gasteiger partial charge is 0.315 e. The highest BCUT2D eigenvalue weighted by Crippen LogP contribution is 2.42. The Labute approximate surface area is 270 Å². The molecule has 1 aliphatic heterocycles. The molecule has 46 heavy (non-hydrogen) atoms. The van der Waals surface area contributed by atoms with Gasteiger partial charge in [0, 0.05) is 37.7 Å². The second kappa shape index (κ2) is 15.8. The molecular formula is C37H43N3O6. The van der Waals surface area contributed by atoms with Gasteiger partial charge in [0.1, 0.15) is 5.75 Å². The Hall–Kier alpha value is -4.25. The molecule has 5 N–H and O–H groups in total. The van der Waals surface area contributed by atoms with Gasteiger partial charge in [-0.25, -0.2) is 4.79 Å². The van der Waals surface area contributed by atoms with Crippen molar-refractivity contribution in [2.75, 3.05) is 20.1 Å². The number of carbonyl (C=O) groups excluding carboxylic acids is 1. The number of rotatable bonds is 12. The van der Waals surface area contributed by atoms with Crippen molar-refractivity contribution in [3.8, 4) is 5.75 Å². The number of benzene rings is 4. The maximum Gasteiger partial charge on any atom is 0.315 e. The van der Waals surface area contributed by atoms with Crippen LogP contribution < -0.4 is 10.6 Å². The maximum atomic E-state index is 12.3. The third kappa shape index (κ3) is 8.93. The highest BCUT2D eigenvalue weighted by Gasteiger charge is 2.39. The fourth-order valence-electron chi connectivity index (χ4n) is 5.66. The van der Waals surface area contributed by atoms with Gasteiger partial charge in [0.15, 0.2) is 6.29 Å². The number of likely N-dealkylation sites (N-methyl/N-ethyl adjacent to an activating group) is 1. The van der Waals surface area contributed by atoms with Gasteiger partial charge in [0.2, 0.25) is 0 Å². The molecular weight excluding hydrogens is 582 g/mol. The summed E-state index contributed by atoms with van der Waals surface area (Å²) in [6.07, 6.45) is -1.90. The number of urea groups is 1. The van der Waals surface area contributed by atoms with Gasteiger partial charge in [-0.3, -0.25) is 0 Å². The lowest BCUT2D eigenvalue weighted by atomic mass is 9.90. The van der Waals surface area contributed by atoms with Crippen LogP contribution in [0.2, 0.25) is 0 Å². The fourth-order valence-corrected chi connectivity index (χ4v) is 5.66. The molecule has 5 atom stereocenters. The van der Waals surface area contributed by atoms with Gasteiger partial charge in [-0.15, -0.1) is 0 Å². The number of nitrogens with one attached hydrogen (secondary N) is 2. The van der Waals surface area contributed by atoms with E-state index in [1.165, 1.54) is 0 Å². The van der Waals surface area contributed by atoms with Crippen molar-refractivity contribution in [2.24, 2.45) is 5.92 Å². The van der Waals surface area contributed by atoms with Gasteiger partial charge in [0.25, 0.3) is 0 Å². The zero-order valence-electron chi connectivity index (χ0n) is 26.3. The number of carbonyl (C=O) groups is 1. The van der Waals surface area contributed by atoms with Crippen LogP contribution >= 0.6 is 0 Å². The van der Waals surface area contributed by atoms with Crippen LogP contribution in [0.4, 0.5) is 4.79 Å². The normalized spacial score (nSPS) is 20.3. The van der Waals surface area contributed by atoms with Crippen LogP contribution in [-0.2, 0) is 29.2 Å². The molecule has 2 amide bonds. The number of aromatic hydroxyl groups is 1. The summed E-state index contributed by atoms with van der Waals surface area (Å²) in [5.41, 5.74) is 5.30. The van der Waals surface area contributed by atoms with E-state index in [9.17, 15) is 20.1 Å². The van der Waals surface area contributed by atoms with Crippen LogP contribution in [-0.4, -0.2) is 52.5 Å². The fraction of sp³-hybridized carbons (Fsp3) is 0.324. The van der Waals surface area contributed by atoms with E-state index in [0.717, 1.165) is 27.8 Å². The minimum absolute atomic E-state index is 0.0190.